The number of H-pyrrole nitrogens is 1. The fourth-order valence-corrected chi connectivity index (χ4v) is 4.67. The average Bonchev–Trinajstić information content (AvgIpc) is 3.22. The van der Waals surface area contributed by atoms with Crippen LogP contribution in [0.3, 0.4) is 0 Å². The number of aromatic nitrogens is 1. The molecule has 0 unspecified atom stereocenters. The Morgan fingerprint density at radius 2 is 1.88 bits per heavy atom. The summed E-state index contributed by atoms with van der Waals surface area (Å²) in [5.41, 5.74) is 2.77. The Morgan fingerprint density at radius 1 is 1.15 bits per heavy atom. The summed E-state index contributed by atoms with van der Waals surface area (Å²) in [4.78, 5) is 31.2. The van der Waals surface area contributed by atoms with E-state index in [1.165, 1.54) is 5.56 Å². The monoisotopic (exact) mass is 463 g/mol. The summed E-state index contributed by atoms with van der Waals surface area (Å²) in [7, 11) is 1.59. The van der Waals surface area contributed by atoms with E-state index in [9.17, 15) is 9.59 Å². The van der Waals surface area contributed by atoms with E-state index in [0.717, 1.165) is 37.9 Å². The standard InChI is InChI=1S/C27H33N3O4/c1-4-34-27(32)25-24(22-17-21(33-3)10-11-23(22)28-25)29-26(31)18(2)30-14-12-20(13-15-30)16-19-8-6-5-7-9-19/h5-11,17-18,20,28H,4,12-16H2,1-3H3,(H,29,31)/t18-/m1/s1. The molecule has 1 atom stereocenters. The molecule has 0 saturated carbocycles. The second kappa shape index (κ2) is 10.7. The summed E-state index contributed by atoms with van der Waals surface area (Å²) >= 11 is 0. The Bertz CT molecular complexity index is 1130. The molecule has 1 aromatic heterocycles. The van der Waals surface area contributed by atoms with Crippen LogP contribution in [-0.4, -0.2) is 54.6 Å². The number of benzene rings is 2. The van der Waals surface area contributed by atoms with Gasteiger partial charge in [-0.3, -0.25) is 9.69 Å². The Kier molecular flexibility index (Phi) is 7.53. The third kappa shape index (κ3) is 5.25. The van der Waals surface area contributed by atoms with Crippen LogP contribution in [-0.2, 0) is 16.0 Å². The van der Waals surface area contributed by atoms with Gasteiger partial charge in [0.05, 0.1) is 25.4 Å². The van der Waals surface area contributed by atoms with Crippen LogP contribution in [0.4, 0.5) is 5.69 Å². The molecule has 2 aromatic carbocycles. The molecule has 3 aromatic rings. The van der Waals surface area contributed by atoms with E-state index >= 15 is 0 Å². The van der Waals surface area contributed by atoms with Gasteiger partial charge in [-0.15, -0.1) is 0 Å². The van der Waals surface area contributed by atoms with Gasteiger partial charge in [0, 0.05) is 10.9 Å². The van der Waals surface area contributed by atoms with Gasteiger partial charge in [-0.25, -0.2) is 4.79 Å². The third-order valence-electron chi connectivity index (χ3n) is 6.68. The minimum absolute atomic E-state index is 0.143. The van der Waals surface area contributed by atoms with Crippen LogP contribution in [0.2, 0.25) is 0 Å². The number of nitrogens with zero attached hydrogens (tertiary/aromatic N) is 1. The van der Waals surface area contributed by atoms with E-state index in [1.807, 2.05) is 31.2 Å². The first kappa shape index (κ1) is 23.8. The molecule has 34 heavy (non-hydrogen) atoms. The number of ether oxygens (including phenoxy) is 2. The number of piperidine rings is 1. The van der Waals surface area contributed by atoms with Crippen molar-refractivity contribution in [2.24, 2.45) is 5.92 Å². The van der Waals surface area contributed by atoms with Gasteiger partial charge in [-0.1, -0.05) is 30.3 Å². The number of carbonyl (C=O) groups excluding carboxylic acids is 2. The van der Waals surface area contributed by atoms with E-state index in [2.05, 4.69) is 39.5 Å². The first-order chi connectivity index (χ1) is 16.5. The zero-order chi connectivity index (χ0) is 24.1. The van der Waals surface area contributed by atoms with Gasteiger partial charge >= 0.3 is 5.97 Å². The molecule has 2 heterocycles. The number of esters is 1. The average molecular weight is 464 g/mol. The maximum Gasteiger partial charge on any atom is 0.356 e. The second-order valence-electron chi connectivity index (χ2n) is 8.84. The van der Waals surface area contributed by atoms with Crippen molar-refractivity contribution in [3.05, 3.63) is 59.8 Å². The topological polar surface area (TPSA) is 83.7 Å². The van der Waals surface area contributed by atoms with E-state index < -0.39 is 5.97 Å². The minimum Gasteiger partial charge on any atom is -0.497 e. The molecule has 0 radical (unpaired) electrons. The molecule has 180 valence electrons. The van der Waals surface area contributed by atoms with Crippen LogP contribution in [0.15, 0.2) is 48.5 Å². The Labute approximate surface area is 200 Å². The molecule has 2 N–H and O–H groups in total. The minimum atomic E-state index is -0.498. The predicted octanol–water partition coefficient (Wildman–Crippen LogP) is 4.63. The maximum atomic E-state index is 13.3. The van der Waals surface area contributed by atoms with Crippen molar-refractivity contribution in [2.45, 2.75) is 39.2 Å². The molecule has 0 bridgehead atoms. The van der Waals surface area contributed by atoms with Crippen molar-refractivity contribution < 1.29 is 19.1 Å². The van der Waals surface area contributed by atoms with Crippen molar-refractivity contribution in [1.82, 2.24) is 9.88 Å². The lowest BCUT2D eigenvalue weighted by atomic mass is 9.89. The van der Waals surface area contributed by atoms with Crippen LogP contribution < -0.4 is 10.1 Å². The quantitative estimate of drug-likeness (QED) is 0.476. The van der Waals surface area contributed by atoms with E-state index in [1.54, 1.807) is 14.0 Å². The normalized spacial score (nSPS) is 15.7. The molecule has 1 aliphatic rings. The maximum absolute atomic E-state index is 13.3. The van der Waals surface area contributed by atoms with E-state index in [4.69, 9.17) is 9.47 Å². The van der Waals surface area contributed by atoms with Crippen LogP contribution in [0, 0.1) is 5.92 Å². The molecule has 1 fully saturated rings. The fourth-order valence-electron chi connectivity index (χ4n) is 4.67. The van der Waals surface area contributed by atoms with Crippen LogP contribution >= 0.6 is 0 Å². The van der Waals surface area contributed by atoms with Crippen LogP contribution in [0.5, 0.6) is 5.75 Å². The molecular formula is C27H33N3O4. The number of nitrogens with one attached hydrogen (secondary N) is 2. The summed E-state index contributed by atoms with van der Waals surface area (Å²) < 4.78 is 10.6. The number of carbonyl (C=O) groups is 2. The van der Waals surface area contributed by atoms with Crippen molar-refractivity contribution >= 4 is 28.5 Å². The SMILES string of the molecule is CCOC(=O)c1[nH]c2ccc(OC)cc2c1NC(=O)[C@@H](C)N1CCC(Cc2ccccc2)CC1. The van der Waals surface area contributed by atoms with E-state index in [-0.39, 0.29) is 24.2 Å². The molecule has 1 saturated heterocycles. The lowest BCUT2D eigenvalue weighted by Gasteiger charge is -2.35. The number of likely N-dealkylation sites (tertiary alicyclic amines) is 1. The summed E-state index contributed by atoms with van der Waals surface area (Å²) in [6.07, 6.45) is 3.20. The lowest BCUT2D eigenvalue weighted by molar-refractivity contribution is -0.121. The number of amides is 1. The zero-order valence-corrected chi connectivity index (χ0v) is 20.1. The van der Waals surface area contributed by atoms with Gasteiger partial charge in [-0.05, 0) is 75.9 Å². The fraction of sp³-hybridized carbons (Fsp3) is 0.407. The summed E-state index contributed by atoms with van der Waals surface area (Å²) in [6, 6.07) is 15.7. The van der Waals surface area contributed by atoms with Crippen LogP contribution in [0.1, 0.15) is 42.7 Å². The lowest BCUT2D eigenvalue weighted by Crippen LogP contribution is -2.46. The van der Waals surface area contributed by atoms with Gasteiger partial charge in [0.2, 0.25) is 5.91 Å². The molecule has 1 aliphatic heterocycles. The highest BCUT2D eigenvalue weighted by atomic mass is 16.5. The highest BCUT2D eigenvalue weighted by Crippen LogP contribution is 2.32. The summed E-state index contributed by atoms with van der Waals surface area (Å²) in [6.45, 7) is 5.67. The second-order valence-corrected chi connectivity index (χ2v) is 8.84. The number of methoxy groups -OCH3 is 1. The smallest absolute Gasteiger partial charge is 0.356 e. The molecule has 1 amide bonds. The van der Waals surface area contributed by atoms with E-state index in [0.29, 0.717) is 22.7 Å². The van der Waals surface area contributed by atoms with Crippen molar-refractivity contribution in [3.63, 3.8) is 0 Å². The highest BCUT2D eigenvalue weighted by Gasteiger charge is 2.29. The Morgan fingerprint density at radius 3 is 2.56 bits per heavy atom. The number of anilines is 1. The number of hydrogen-bond acceptors (Lipinski definition) is 5. The van der Waals surface area contributed by atoms with Crippen molar-refractivity contribution in [1.29, 1.82) is 0 Å². The largest absolute Gasteiger partial charge is 0.497 e. The number of fused-ring (bicyclic) bond motifs is 1. The number of aromatic amines is 1. The first-order valence-electron chi connectivity index (χ1n) is 12.0. The molecule has 7 heteroatoms. The van der Waals surface area contributed by atoms with Gasteiger partial charge < -0.3 is 19.8 Å². The van der Waals surface area contributed by atoms with Crippen molar-refractivity contribution in [2.75, 3.05) is 32.1 Å². The van der Waals surface area contributed by atoms with Gasteiger partial charge in [-0.2, -0.15) is 0 Å². The van der Waals surface area contributed by atoms with Crippen molar-refractivity contribution in [3.8, 4) is 5.75 Å². The van der Waals surface area contributed by atoms with Crippen LogP contribution in [0.25, 0.3) is 10.9 Å². The van der Waals surface area contributed by atoms with Gasteiger partial charge in [0.15, 0.2) is 0 Å². The van der Waals surface area contributed by atoms with Gasteiger partial charge in [0.1, 0.15) is 11.4 Å². The molecule has 0 spiro atoms. The molecule has 4 rings (SSSR count). The Hall–Kier alpha value is -3.32. The third-order valence-corrected chi connectivity index (χ3v) is 6.68. The first-order valence-corrected chi connectivity index (χ1v) is 12.0. The number of hydrogen-bond donors (Lipinski definition) is 2. The molecule has 7 nitrogen and oxygen atoms in total. The molecule has 0 aliphatic carbocycles. The van der Waals surface area contributed by atoms with Gasteiger partial charge in [0.25, 0.3) is 0 Å². The molecular weight excluding hydrogens is 430 g/mol. The number of rotatable bonds is 8. The Balaban J connectivity index is 1.46. The predicted molar refractivity (Wildman–Crippen MR) is 133 cm³/mol. The summed E-state index contributed by atoms with van der Waals surface area (Å²) in [5.74, 6) is 0.634. The highest BCUT2D eigenvalue weighted by molar-refractivity contribution is 6.12. The summed E-state index contributed by atoms with van der Waals surface area (Å²) in [5, 5.41) is 3.72. The zero-order valence-electron chi connectivity index (χ0n) is 20.1.